The van der Waals surface area contributed by atoms with Gasteiger partial charge < -0.3 is 9.31 Å². The van der Waals surface area contributed by atoms with Gasteiger partial charge in [0.15, 0.2) is 0 Å². The van der Waals surface area contributed by atoms with Crippen LogP contribution in [0.4, 0.5) is 0 Å². The van der Waals surface area contributed by atoms with E-state index in [-0.39, 0.29) is 18.3 Å². The molecule has 0 bridgehead atoms. The van der Waals surface area contributed by atoms with Gasteiger partial charge in [0.25, 0.3) is 0 Å². The van der Waals surface area contributed by atoms with E-state index in [1.165, 1.54) is 11.1 Å². The van der Waals surface area contributed by atoms with Gasteiger partial charge in [-0.05, 0) is 50.7 Å². The van der Waals surface area contributed by atoms with Crippen molar-refractivity contribution >= 4 is 28.5 Å². The minimum absolute atomic E-state index is 0.241. The monoisotopic (exact) mass is 308 g/mol. The van der Waals surface area contributed by atoms with E-state index >= 15 is 0 Å². The molecule has 1 fully saturated rings. The number of hydrogen-bond donors (Lipinski definition) is 0. The predicted octanol–water partition coefficient (Wildman–Crippen LogP) is 2.98. The van der Waals surface area contributed by atoms with Crippen molar-refractivity contribution in [2.75, 3.05) is 0 Å². The highest BCUT2D eigenvalue weighted by Gasteiger charge is 2.51. The molecule has 0 N–H and O–H groups in total. The Bertz CT molecular complexity index is 483. The van der Waals surface area contributed by atoms with Crippen LogP contribution in [0.2, 0.25) is 0 Å². The Morgan fingerprint density at radius 1 is 1.17 bits per heavy atom. The van der Waals surface area contributed by atoms with E-state index in [2.05, 4.69) is 61.8 Å². The number of halogens is 1. The Morgan fingerprint density at radius 2 is 1.78 bits per heavy atom. The zero-order chi connectivity index (χ0) is 13.1. The molecule has 1 aliphatic heterocycles. The zero-order valence-corrected chi connectivity index (χ0v) is 12.9. The van der Waals surface area contributed by atoms with Crippen LogP contribution in [0.1, 0.15) is 43.6 Å². The summed E-state index contributed by atoms with van der Waals surface area (Å²) in [6.45, 7) is 8.34. The summed E-state index contributed by atoms with van der Waals surface area (Å²) >= 11 is 3.64. The maximum Gasteiger partial charge on any atom is 0.494 e. The van der Waals surface area contributed by atoms with Crippen molar-refractivity contribution in [1.29, 1.82) is 0 Å². The van der Waals surface area contributed by atoms with Crippen LogP contribution in [-0.4, -0.2) is 18.3 Å². The molecule has 0 spiro atoms. The van der Waals surface area contributed by atoms with E-state index in [1.807, 2.05) is 0 Å². The molecule has 2 nitrogen and oxygen atoms in total. The van der Waals surface area contributed by atoms with Crippen molar-refractivity contribution in [2.45, 2.75) is 50.1 Å². The van der Waals surface area contributed by atoms with Crippen molar-refractivity contribution in [3.8, 4) is 0 Å². The molecule has 1 atom stereocenters. The lowest BCUT2D eigenvalue weighted by Gasteiger charge is -2.32. The van der Waals surface area contributed by atoms with E-state index in [0.29, 0.717) is 4.83 Å². The molecule has 1 unspecified atom stereocenters. The maximum atomic E-state index is 6.06. The summed E-state index contributed by atoms with van der Waals surface area (Å²) in [5.41, 5.74) is 3.41. The fourth-order valence-corrected chi connectivity index (χ4v) is 3.20. The summed E-state index contributed by atoms with van der Waals surface area (Å²) in [7, 11) is -0.241. The highest BCUT2D eigenvalue weighted by Crippen LogP contribution is 2.40. The summed E-state index contributed by atoms with van der Waals surface area (Å²) in [6, 6.07) is 6.52. The van der Waals surface area contributed by atoms with Gasteiger partial charge in [-0.2, -0.15) is 0 Å². The molecule has 0 radical (unpaired) electrons. The van der Waals surface area contributed by atoms with Crippen LogP contribution < -0.4 is 5.46 Å². The molecular formula is C14H18BBrO2. The van der Waals surface area contributed by atoms with Crippen molar-refractivity contribution in [1.82, 2.24) is 0 Å². The smallest absolute Gasteiger partial charge is 0.399 e. The second kappa shape index (κ2) is 3.84. The molecule has 1 heterocycles. The summed E-state index contributed by atoms with van der Waals surface area (Å²) in [6.07, 6.45) is 1.10. The highest BCUT2D eigenvalue weighted by atomic mass is 79.9. The van der Waals surface area contributed by atoms with Crippen molar-refractivity contribution in [3.63, 3.8) is 0 Å². The number of hydrogen-bond acceptors (Lipinski definition) is 2. The first kappa shape index (κ1) is 12.7. The van der Waals surface area contributed by atoms with Crippen LogP contribution in [0.15, 0.2) is 18.2 Å². The van der Waals surface area contributed by atoms with Crippen molar-refractivity contribution < 1.29 is 9.31 Å². The summed E-state index contributed by atoms with van der Waals surface area (Å²) in [5, 5.41) is 0. The first-order chi connectivity index (χ1) is 8.30. The van der Waals surface area contributed by atoms with Gasteiger partial charge in [0.2, 0.25) is 0 Å². The fourth-order valence-electron chi connectivity index (χ4n) is 2.41. The predicted molar refractivity (Wildman–Crippen MR) is 77.5 cm³/mol. The Labute approximate surface area is 117 Å². The SMILES string of the molecule is CC1(C)OB(c2ccc3c(c2)CC3Br)OC1(C)C. The molecule has 0 amide bonds. The second-order valence-electron chi connectivity index (χ2n) is 6.22. The zero-order valence-electron chi connectivity index (χ0n) is 11.3. The highest BCUT2D eigenvalue weighted by molar-refractivity contribution is 9.09. The van der Waals surface area contributed by atoms with E-state index in [9.17, 15) is 0 Å². The van der Waals surface area contributed by atoms with Gasteiger partial charge in [0.1, 0.15) is 0 Å². The standard InChI is InChI=1S/C14H18BBrO2/c1-13(2)14(3,4)18-15(17-13)10-5-6-11-9(7-10)8-12(11)16/h5-7,12H,8H2,1-4H3. The van der Waals surface area contributed by atoms with Gasteiger partial charge in [-0.25, -0.2) is 0 Å². The van der Waals surface area contributed by atoms with Gasteiger partial charge in [-0.1, -0.05) is 34.1 Å². The molecule has 0 aromatic heterocycles. The van der Waals surface area contributed by atoms with E-state index in [1.54, 1.807) is 0 Å². The number of fused-ring (bicyclic) bond motifs is 1. The Hall–Kier alpha value is -0.315. The van der Waals surface area contributed by atoms with Gasteiger partial charge >= 0.3 is 7.12 Å². The third kappa shape index (κ3) is 1.77. The largest absolute Gasteiger partial charge is 0.494 e. The van der Waals surface area contributed by atoms with Crippen LogP contribution in [-0.2, 0) is 15.7 Å². The average Bonchev–Trinajstić information content (AvgIpc) is 2.46. The molecule has 4 heteroatoms. The summed E-state index contributed by atoms with van der Waals surface area (Å²) < 4.78 is 12.1. The maximum absolute atomic E-state index is 6.06. The Balaban J connectivity index is 1.87. The van der Waals surface area contributed by atoms with Gasteiger partial charge in [0.05, 0.1) is 11.2 Å². The Kier molecular flexibility index (Phi) is 2.71. The molecule has 3 rings (SSSR count). The van der Waals surface area contributed by atoms with Crippen molar-refractivity contribution in [3.05, 3.63) is 29.3 Å². The topological polar surface area (TPSA) is 18.5 Å². The minimum atomic E-state index is -0.265. The fraction of sp³-hybridized carbons (Fsp3) is 0.571. The number of benzene rings is 1. The first-order valence-electron chi connectivity index (χ1n) is 6.43. The van der Waals surface area contributed by atoms with Crippen LogP contribution in [0.25, 0.3) is 0 Å². The third-order valence-electron chi connectivity index (χ3n) is 4.43. The molecule has 18 heavy (non-hydrogen) atoms. The molecule has 1 saturated heterocycles. The van der Waals surface area contributed by atoms with Crippen LogP contribution in [0, 0.1) is 0 Å². The minimum Gasteiger partial charge on any atom is -0.399 e. The normalized spacial score (nSPS) is 27.8. The van der Waals surface area contributed by atoms with E-state index in [0.717, 1.165) is 11.9 Å². The summed E-state index contributed by atoms with van der Waals surface area (Å²) in [4.78, 5) is 0.528. The number of alkyl halides is 1. The lowest BCUT2D eigenvalue weighted by atomic mass is 9.74. The lowest BCUT2D eigenvalue weighted by Crippen LogP contribution is -2.41. The average molecular weight is 309 g/mol. The Morgan fingerprint density at radius 3 is 2.28 bits per heavy atom. The molecule has 1 aromatic carbocycles. The number of rotatable bonds is 1. The molecular weight excluding hydrogens is 291 g/mol. The molecule has 96 valence electrons. The quantitative estimate of drug-likeness (QED) is 0.586. The van der Waals surface area contributed by atoms with Crippen LogP contribution in [0.5, 0.6) is 0 Å². The van der Waals surface area contributed by atoms with Crippen molar-refractivity contribution in [2.24, 2.45) is 0 Å². The lowest BCUT2D eigenvalue weighted by molar-refractivity contribution is 0.00578. The molecule has 1 aliphatic carbocycles. The molecule has 0 saturated carbocycles. The second-order valence-corrected chi connectivity index (χ2v) is 7.32. The van der Waals surface area contributed by atoms with Gasteiger partial charge in [-0.15, -0.1) is 0 Å². The summed E-state index contributed by atoms with van der Waals surface area (Å²) in [5.74, 6) is 0. The van der Waals surface area contributed by atoms with Crippen LogP contribution >= 0.6 is 15.9 Å². The van der Waals surface area contributed by atoms with Gasteiger partial charge in [0, 0.05) is 4.83 Å². The van der Waals surface area contributed by atoms with Gasteiger partial charge in [-0.3, -0.25) is 0 Å². The van der Waals surface area contributed by atoms with E-state index < -0.39 is 0 Å². The van der Waals surface area contributed by atoms with E-state index in [4.69, 9.17) is 9.31 Å². The third-order valence-corrected chi connectivity index (χ3v) is 5.25. The molecule has 2 aliphatic rings. The van der Waals surface area contributed by atoms with Crippen LogP contribution in [0.3, 0.4) is 0 Å². The molecule has 1 aromatic rings. The first-order valence-corrected chi connectivity index (χ1v) is 7.34.